The summed E-state index contributed by atoms with van der Waals surface area (Å²) < 4.78 is 5.34. The molecule has 1 fully saturated rings. The maximum Gasteiger partial charge on any atom is 0.0689 e. The third kappa shape index (κ3) is 1.17. The average Bonchev–Trinajstić information content (AvgIpc) is 2.14. The van der Waals surface area contributed by atoms with E-state index in [1.54, 1.807) is 0 Å². The predicted molar refractivity (Wildman–Crippen MR) is 37.4 cm³/mol. The van der Waals surface area contributed by atoms with Gasteiger partial charge in [-0.15, -0.1) is 0 Å². The third-order valence-electron chi connectivity index (χ3n) is 1.58. The second-order valence-corrected chi connectivity index (χ2v) is 2.84. The fourth-order valence-electron chi connectivity index (χ4n) is 1.03. The molecule has 8 heavy (non-hydrogen) atoms. The molecule has 0 N–H and O–H groups in total. The molecule has 1 rings (SSSR count). The van der Waals surface area contributed by atoms with E-state index in [4.69, 9.17) is 4.74 Å². The van der Waals surface area contributed by atoms with E-state index >= 15 is 0 Å². The molecule has 0 aromatic rings. The summed E-state index contributed by atoms with van der Waals surface area (Å²) in [6.45, 7) is 3.05. The quantitative estimate of drug-likeness (QED) is 0.532. The van der Waals surface area contributed by atoms with Crippen molar-refractivity contribution in [3.63, 3.8) is 0 Å². The Hall–Kier alpha value is 0.310. The standard InChI is InChI=1S/C6H12OS/c1-2-5-6(8)3-4-7-5/h5-6,8H,2-4H2,1H3. The number of rotatable bonds is 1. The first-order valence-corrected chi connectivity index (χ1v) is 3.66. The van der Waals surface area contributed by atoms with Crippen molar-refractivity contribution in [2.24, 2.45) is 0 Å². The van der Waals surface area contributed by atoms with Gasteiger partial charge in [-0.2, -0.15) is 12.6 Å². The molecule has 0 spiro atoms. The molecule has 2 unspecified atom stereocenters. The van der Waals surface area contributed by atoms with Crippen LogP contribution in [0.5, 0.6) is 0 Å². The first kappa shape index (κ1) is 6.43. The van der Waals surface area contributed by atoms with E-state index in [0.29, 0.717) is 11.4 Å². The monoisotopic (exact) mass is 132 g/mol. The normalized spacial score (nSPS) is 38.2. The van der Waals surface area contributed by atoms with Crippen LogP contribution in [0.4, 0.5) is 0 Å². The summed E-state index contributed by atoms with van der Waals surface area (Å²) in [4.78, 5) is 0. The third-order valence-corrected chi connectivity index (χ3v) is 2.17. The van der Waals surface area contributed by atoms with Gasteiger partial charge in [0.2, 0.25) is 0 Å². The summed E-state index contributed by atoms with van der Waals surface area (Å²) in [5, 5.41) is 0.500. The van der Waals surface area contributed by atoms with Gasteiger partial charge < -0.3 is 4.74 Å². The SMILES string of the molecule is CCC1OCCC1S. The summed E-state index contributed by atoms with van der Waals surface area (Å²) in [6.07, 6.45) is 2.66. The first-order valence-electron chi connectivity index (χ1n) is 3.14. The van der Waals surface area contributed by atoms with E-state index in [1.165, 1.54) is 0 Å². The van der Waals surface area contributed by atoms with Crippen molar-refractivity contribution in [1.29, 1.82) is 0 Å². The molecular formula is C6H12OS. The molecular weight excluding hydrogens is 120 g/mol. The van der Waals surface area contributed by atoms with Crippen LogP contribution in [0, 0.1) is 0 Å². The van der Waals surface area contributed by atoms with Crippen molar-refractivity contribution in [1.82, 2.24) is 0 Å². The van der Waals surface area contributed by atoms with Gasteiger partial charge in [0.05, 0.1) is 6.10 Å². The Balaban J connectivity index is 2.30. The Labute approximate surface area is 55.8 Å². The Morgan fingerprint density at radius 1 is 1.75 bits per heavy atom. The van der Waals surface area contributed by atoms with E-state index in [9.17, 15) is 0 Å². The maximum atomic E-state index is 5.34. The van der Waals surface area contributed by atoms with Crippen LogP contribution >= 0.6 is 12.6 Å². The molecule has 0 bridgehead atoms. The molecule has 0 saturated carbocycles. The highest BCUT2D eigenvalue weighted by atomic mass is 32.1. The van der Waals surface area contributed by atoms with Crippen molar-refractivity contribution in [3.05, 3.63) is 0 Å². The minimum absolute atomic E-state index is 0.429. The molecule has 0 amide bonds. The highest BCUT2D eigenvalue weighted by Gasteiger charge is 2.22. The molecule has 1 saturated heterocycles. The van der Waals surface area contributed by atoms with Crippen LogP contribution in [0.25, 0.3) is 0 Å². The molecule has 2 atom stereocenters. The number of ether oxygens (including phenoxy) is 1. The van der Waals surface area contributed by atoms with Gasteiger partial charge in [-0.1, -0.05) is 6.92 Å². The van der Waals surface area contributed by atoms with Crippen LogP contribution in [-0.2, 0) is 4.74 Å². The van der Waals surface area contributed by atoms with E-state index in [2.05, 4.69) is 19.6 Å². The minimum Gasteiger partial charge on any atom is -0.377 e. The Bertz CT molecular complexity index is 74.9. The highest BCUT2D eigenvalue weighted by Crippen LogP contribution is 2.20. The van der Waals surface area contributed by atoms with Crippen LogP contribution < -0.4 is 0 Å². The van der Waals surface area contributed by atoms with Crippen LogP contribution in [0.15, 0.2) is 0 Å². The molecule has 0 radical (unpaired) electrons. The van der Waals surface area contributed by atoms with Crippen molar-refractivity contribution >= 4 is 12.6 Å². The summed E-state index contributed by atoms with van der Waals surface area (Å²) in [5.41, 5.74) is 0. The lowest BCUT2D eigenvalue weighted by Gasteiger charge is -2.08. The largest absolute Gasteiger partial charge is 0.377 e. The van der Waals surface area contributed by atoms with Crippen LogP contribution in [0.1, 0.15) is 19.8 Å². The molecule has 1 aliphatic heterocycles. The molecule has 0 aromatic carbocycles. The smallest absolute Gasteiger partial charge is 0.0689 e. The predicted octanol–water partition coefficient (Wildman–Crippen LogP) is 1.48. The Morgan fingerprint density at radius 3 is 2.75 bits per heavy atom. The molecule has 1 nitrogen and oxygen atoms in total. The van der Waals surface area contributed by atoms with Gasteiger partial charge in [-0.25, -0.2) is 0 Å². The van der Waals surface area contributed by atoms with Gasteiger partial charge in [0.1, 0.15) is 0 Å². The van der Waals surface area contributed by atoms with Gasteiger partial charge in [-0.3, -0.25) is 0 Å². The summed E-state index contributed by atoms with van der Waals surface area (Å²) in [5.74, 6) is 0. The Morgan fingerprint density at radius 2 is 2.50 bits per heavy atom. The zero-order valence-electron chi connectivity index (χ0n) is 5.13. The van der Waals surface area contributed by atoms with Gasteiger partial charge in [0.15, 0.2) is 0 Å². The fourth-order valence-corrected chi connectivity index (χ4v) is 1.43. The second-order valence-electron chi connectivity index (χ2n) is 2.17. The van der Waals surface area contributed by atoms with Gasteiger partial charge >= 0.3 is 0 Å². The molecule has 0 aromatic heterocycles. The summed E-state index contributed by atoms with van der Waals surface area (Å²) in [7, 11) is 0. The molecule has 1 heterocycles. The van der Waals surface area contributed by atoms with Gasteiger partial charge in [-0.05, 0) is 12.8 Å². The lowest BCUT2D eigenvalue weighted by Crippen LogP contribution is -2.13. The van der Waals surface area contributed by atoms with Crippen LogP contribution in [0.3, 0.4) is 0 Å². The van der Waals surface area contributed by atoms with E-state index < -0.39 is 0 Å². The van der Waals surface area contributed by atoms with Crippen molar-refractivity contribution in [3.8, 4) is 0 Å². The highest BCUT2D eigenvalue weighted by molar-refractivity contribution is 7.81. The number of hydrogen-bond donors (Lipinski definition) is 1. The van der Waals surface area contributed by atoms with Gasteiger partial charge in [0.25, 0.3) is 0 Å². The lowest BCUT2D eigenvalue weighted by atomic mass is 10.2. The summed E-state index contributed by atoms with van der Waals surface area (Å²) >= 11 is 4.34. The van der Waals surface area contributed by atoms with Crippen molar-refractivity contribution < 1.29 is 4.74 Å². The van der Waals surface area contributed by atoms with Crippen LogP contribution in [-0.4, -0.2) is 18.0 Å². The fraction of sp³-hybridized carbons (Fsp3) is 1.00. The Kier molecular flexibility index (Phi) is 2.20. The minimum atomic E-state index is 0.429. The van der Waals surface area contributed by atoms with Gasteiger partial charge in [0, 0.05) is 11.9 Å². The molecule has 0 aliphatic carbocycles. The number of thiol groups is 1. The number of hydrogen-bond acceptors (Lipinski definition) is 2. The first-order chi connectivity index (χ1) is 3.84. The lowest BCUT2D eigenvalue weighted by molar-refractivity contribution is 0.110. The molecule has 48 valence electrons. The average molecular weight is 132 g/mol. The van der Waals surface area contributed by atoms with Crippen LogP contribution in [0.2, 0.25) is 0 Å². The molecule has 1 aliphatic rings. The van der Waals surface area contributed by atoms with E-state index in [1.807, 2.05) is 0 Å². The second kappa shape index (κ2) is 2.74. The van der Waals surface area contributed by atoms with Crippen molar-refractivity contribution in [2.45, 2.75) is 31.1 Å². The maximum absolute atomic E-state index is 5.34. The zero-order chi connectivity index (χ0) is 5.98. The van der Waals surface area contributed by atoms with E-state index in [-0.39, 0.29) is 0 Å². The van der Waals surface area contributed by atoms with E-state index in [0.717, 1.165) is 19.4 Å². The summed E-state index contributed by atoms with van der Waals surface area (Å²) in [6, 6.07) is 0. The topological polar surface area (TPSA) is 9.23 Å². The zero-order valence-corrected chi connectivity index (χ0v) is 6.03. The van der Waals surface area contributed by atoms with Crippen molar-refractivity contribution in [2.75, 3.05) is 6.61 Å². The molecule has 2 heteroatoms.